The summed E-state index contributed by atoms with van der Waals surface area (Å²) in [7, 11) is 0. The number of aryl methyl sites for hydroxylation is 1. The first-order valence-corrected chi connectivity index (χ1v) is 10.3. The van der Waals surface area contributed by atoms with Gasteiger partial charge < -0.3 is 0 Å². The summed E-state index contributed by atoms with van der Waals surface area (Å²) in [6, 6.07) is 18.2. The number of hydrogen-bond donors (Lipinski definition) is 2. The average Bonchev–Trinajstić information content (AvgIpc) is 2.69. The largest absolute Gasteiger partial charge is 0.287 e. The van der Waals surface area contributed by atoms with Crippen molar-refractivity contribution in [1.29, 1.82) is 0 Å². The number of rotatable bonds is 11. The quantitative estimate of drug-likeness (QED) is 0.388. The molecule has 3 heteroatoms. The Morgan fingerprint density at radius 3 is 2.19 bits per heavy atom. The molecule has 2 rings (SSSR count). The first kappa shape index (κ1) is 21.2. The van der Waals surface area contributed by atoms with Gasteiger partial charge in [-0.25, -0.2) is 5.43 Å². The minimum Gasteiger partial charge on any atom is -0.287 e. The second-order valence-corrected chi connectivity index (χ2v) is 7.59. The molecule has 0 saturated heterocycles. The van der Waals surface area contributed by atoms with Gasteiger partial charge in [-0.3, -0.25) is 10.2 Å². The van der Waals surface area contributed by atoms with Crippen LogP contribution in [0.3, 0.4) is 0 Å². The Morgan fingerprint density at radius 1 is 0.889 bits per heavy atom. The van der Waals surface area contributed by atoms with E-state index in [1.54, 1.807) is 0 Å². The van der Waals surface area contributed by atoms with E-state index in [-0.39, 0.29) is 11.9 Å². The second kappa shape index (κ2) is 11.6. The van der Waals surface area contributed by atoms with Gasteiger partial charge in [0.1, 0.15) is 0 Å². The molecule has 2 N–H and O–H groups in total. The van der Waals surface area contributed by atoms with Crippen molar-refractivity contribution >= 4 is 5.91 Å². The van der Waals surface area contributed by atoms with Crippen LogP contribution in [0.15, 0.2) is 54.6 Å². The van der Waals surface area contributed by atoms with Gasteiger partial charge in [-0.15, -0.1) is 0 Å². The maximum Gasteiger partial charge on any atom is 0.265 e. The van der Waals surface area contributed by atoms with Crippen molar-refractivity contribution in [2.45, 2.75) is 65.3 Å². The average molecular weight is 367 g/mol. The summed E-state index contributed by atoms with van der Waals surface area (Å²) in [5, 5.41) is 0. The topological polar surface area (TPSA) is 41.1 Å². The van der Waals surface area contributed by atoms with Gasteiger partial charge in [0.2, 0.25) is 0 Å². The fourth-order valence-corrected chi connectivity index (χ4v) is 3.26. The molecule has 146 valence electrons. The number of hydrazine groups is 1. The van der Waals surface area contributed by atoms with E-state index in [9.17, 15) is 4.79 Å². The van der Waals surface area contributed by atoms with E-state index in [0.29, 0.717) is 11.5 Å². The van der Waals surface area contributed by atoms with Crippen LogP contribution in [0, 0.1) is 5.92 Å². The smallest absolute Gasteiger partial charge is 0.265 e. The van der Waals surface area contributed by atoms with Crippen LogP contribution in [0.2, 0.25) is 0 Å². The molecule has 0 spiro atoms. The van der Waals surface area contributed by atoms with E-state index in [1.165, 1.54) is 43.2 Å². The zero-order valence-corrected chi connectivity index (χ0v) is 17.0. The lowest BCUT2D eigenvalue weighted by Gasteiger charge is -2.23. The predicted molar refractivity (Wildman–Crippen MR) is 114 cm³/mol. The van der Waals surface area contributed by atoms with Crippen LogP contribution in [0.4, 0.5) is 0 Å². The third-order valence-corrected chi connectivity index (χ3v) is 4.95. The van der Waals surface area contributed by atoms with Crippen LogP contribution in [0.5, 0.6) is 0 Å². The van der Waals surface area contributed by atoms with Gasteiger partial charge in [0.25, 0.3) is 5.91 Å². The molecular formula is C24H34N2O. The van der Waals surface area contributed by atoms with E-state index in [0.717, 1.165) is 6.42 Å². The molecule has 0 unspecified atom stereocenters. The molecule has 0 bridgehead atoms. The van der Waals surface area contributed by atoms with Gasteiger partial charge in [-0.2, -0.15) is 0 Å². The number of benzene rings is 2. The molecule has 0 aliphatic heterocycles. The zero-order chi connectivity index (χ0) is 19.5. The van der Waals surface area contributed by atoms with Crippen LogP contribution < -0.4 is 10.9 Å². The predicted octanol–water partition coefficient (Wildman–Crippen LogP) is 5.83. The number of amides is 1. The molecule has 0 heterocycles. The van der Waals surface area contributed by atoms with Crippen molar-refractivity contribution in [3.63, 3.8) is 0 Å². The maximum atomic E-state index is 12.3. The SMILES string of the molecule is CCCCCCCc1ccc([C@@H](NNC(=O)c2ccccc2)C(C)C)cc1. The molecular weight excluding hydrogens is 332 g/mol. The fraction of sp³-hybridized carbons (Fsp3) is 0.458. The molecule has 0 aliphatic carbocycles. The van der Waals surface area contributed by atoms with Crippen molar-refractivity contribution in [3.05, 3.63) is 71.3 Å². The summed E-state index contributed by atoms with van der Waals surface area (Å²) in [5.41, 5.74) is 9.33. The Labute approximate surface area is 164 Å². The van der Waals surface area contributed by atoms with E-state index in [1.807, 2.05) is 30.3 Å². The Bertz CT molecular complexity index is 665. The molecule has 1 atom stereocenters. The Balaban J connectivity index is 1.89. The summed E-state index contributed by atoms with van der Waals surface area (Å²) < 4.78 is 0. The molecule has 0 saturated carbocycles. The number of hydrogen-bond acceptors (Lipinski definition) is 2. The number of nitrogens with one attached hydrogen (secondary N) is 2. The second-order valence-electron chi connectivity index (χ2n) is 7.59. The van der Waals surface area contributed by atoms with Gasteiger partial charge in [0, 0.05) is 5.56 Å². The number of unbranched alkanes of at least 4 members (excludes halogenated alkanes) is 4. The molecule has 0 radical (unpaired) electrons. The first-order valence-electron chi connectivity index (χ1n) is 10.3. The van der Waals surface area contributed by atoms with Crippen molar-refractivity contribution in [1.82, 2.24) is 10.9 Å². The van der Waals surface area contributed by atoms with Crippen molar-refractivity contribution in [3.8, 4) is 0 Å². The maximum absolute atomic E-state index is 12.3. The summed E-state index contributed by atoms with van der Waals surface area (Å²) in [4.78, 5) is 12.3. The monoisotopic (exact) mass is 366 g/mol. The highest BCUT2D eigenvalue weighted by Crippen LogP contribution is 2.22. The highest BCUT2D eigenvalue weighted by atomic mass is 16.2. The highest BCUT2D eigenvalue weighted by molar-refractivity contribution is 5.93. The van der Waals surface area contributed by atoms with Crippen LogP contribution in [0.1, 0.15) is 80.4 Å². The fourth-order valence-electron chi connectivity index (χ4n) is 3.26. The molecule has 1 amide bonds. The Kier molecular flexibility index (Phi) is 9.06. The molecule has 2 aromatic carbocycles. The number of carbonyl (C=O) groups excluding carboxylic acids is 1. The van der Waals surface area contributed by atoms with Crippen LogP contribution in [0.25, 0.3) is 0 Å². The third-order valence-electron chi connectivity index (χ3n) is 4.95. The van der Waals surface area contributed by atoms with Crippen LogP contribution >= 0.6 is 0 Å². The normalized spacial score (nSPS) is 12.1. The Morgan fingerprint density at radius 2 is 1.56 bits per heavy atom. The minimum absolute atomic E-state index is 0.0799. The van der Waals surface area contributed by atoms with Gasteiger partial charge in [-0.1, -0.05) is 88.9 Å². The lowest BCUT2D eigenvalue weighted by molar-refractivity contribution is 0.0919. The summed E-state index contributed by atoms with van der Waals surface area (Å²) in [6.45, 7) is 6.57. The Hall–Kier alpha value is -2.13. The summed E-state index contributed by atoms with van der Waals surface area (Å²) in [5.74, 6) is 0.255. The van der Waals surface area contributed by atoms with Crippen LogP contribution in [-0.2, 0) is 6.42 Å². The summed E-state index contributed by atoms with van der Waals surface area (Å²) >= 11 is 0. The lowest BCUT2D eigenvalue weighted by Crippen LogP contribution is -2.41. The highest BCUT2D eigenvalue weighted by Gasteiger charge is 2.16. The standard InChI is InChI=1S/C24H34N2O/c1-4-5-6-7-9-12-20-15-17-21(18-16-20)23(19(2)3)25-26-24(27)22-13-10-8-11-14-22/h8,10-11,13-19,23,25H,4-7,9,12H2,1-3H3,(H,26,27)/t23-/m0/s1. The molecule has 0 aromatic heterocycles. The third kappa shape index (κ3) is 7.18. The molecule has 0 fully saturated rings. The van der Waals surface area contributed by atoms with Gasteiger partial charge in [-0.05, 0) is 42.0 Å². The lowest BCUT2D eigenvalue weighted by atomic mass is 9.95. The van der Waals surface area contributed by atoms with E-state index < -0.39 is 0 Å². The van der Waals surface area contributed by atoms with E-state index >= 15 is 0 Å². The first-order chi connectivity index (χ1) is 13.1. The van der Waals surface area contributed by atoms with Crippen molar-refractivity contribution < 1.29 is 4.79 Å². The van der Waals surface area contributed by atoms with Gasteiger partial charge >= 0.3 is 0 Å². The number of carbonyl (C=O) groups is 1. The zero-order valence-electron chi connectivity index (χ0n) is 17.0. The van der Waals surface area contributed by atoms with Gasteiger partial charge in [0.05, 0.1) is 6.04 Å². The minimum atomic E-state index is -0.107. The van der Waals surface area contributed by atoms with E-state index in [4.69, 9.17) is 0 Å². The molecule has 3 nitrogen and oxygen atoms in total. The summed E-state index contributed by atoms with van der Waals surface area (Å²) in [6.07, 6.45) is 7.70. The molecule has 2 aromatic rings. The van der Waals surface area contributed by atoms with E-state index in [2.05, 4.69) is 55.9 Å². The molecule has 0 aliphatic rings. The van der Waals surface area contributed by atoms with Crippen LogP contribution in [-0.4, -0.2) is 5.91 Å². The van der Waals surface area contributed by atoms with Gasteiger partial charge in [0.15, 0.2) is 0 Å². The van der Waals surface area contributed by atoms with Crippen molar-refractivity contribution in [2.75, 3.05) is 0 Å². The van der Waals surface area contributed by atoms with Crippen molar-refractivity contribution in [2.24, 2.45) is 5.92 Å². The molecule has 27 heavy (non-hydrogen) atoms.